The van der Waals surface area contributed by atoms with Crippen LogP contribution in [0.2, 0.25) is 5.02 Å². The van der Waals surface area contributed by atoms with Gasteiger partial charge in [-0.3, -0.25) is 9.71 Å². The Morgan fingerprint density at radius 2 is 1.87 bits per heavy atom. The van der Waals surface area contributed by atoms with Crippen LogP contribution < -0.4 is 4.72 Å². The normalized spacial score (nSPS) is 12.5. The van der Waals surface area contributed by atoms with Crippen LogP contribution in [0.3, 0.4) is 0 Å². The van der Waals surface area contributed by atoms with Gasteiger partial charge in [0, 0.05) is 34.6 Å². The van der Waals surface area contributed by atoms with E-state index in [2.05, 4.69) is 14.7 Å². The van der Waals surface area contributed by atoms with E-state index in [9.17, 15) is 13.5 Å². The van der Waals surface area contributed by atoms with Crippen LogP contribution in [0.15, 0.2) is 83.5 Å². The van der Waals surface area contributed by atoms with E-state index in [1.165, 1.54) is 29.7 Å². The van der Waals surface area contributed by atoms with Crippen molar-refractivity contribution in [3.05, 3.63) is 94.7 Å². The molecule has 0 aliphatic heterocycles. The van der Waals surface area contributed by atoms with Gasteiger partial charge in [0.25, 0.3) is 10.0 Å². The molecule has 152 valence electrons. The van der Waals surface area contributed by atoms with Gasteiger partial charge < -0.3 is 5.11 Å². The summed E-state index contributed by atoms with van der Waals surface area (Å²) in [6, 6.07) is 15.0. The lowest BCUT2D eigenvalue weighted by Crippen LogP contribution is -2.13. The van der Waals surface area contributed by atoms with E-state index < -0.39 is 16.1 Å². The molecule has 1 atom stereocenters. The molecular formula is C21H16ClN3O3S2. The first-order valence-corrected chi connectivity index (χ1v) is 11.6. The predicted octanol–water partition coefficient (Wildman–Crippen LogP) is 4.74. The summed E-state index contributed by atoms with van der Waals surface area (Å²) >= 11 is 7.36. The van der Waals surface area contributed by atoms with Gasteiger partial charge in [0.2, 0.25) is 0 Å². The highest BCUT2D eigenvalue weighted by molar-refractivity contribution is 7.93. The van der Waals surface area contributed by atoms with Crippen molar-refractivity contribution in [2.45, 2.75) is 11.0 Å². The van der Waals surface area contributed by atoms with E-state index in [1.54, 1.807) is 48.1 Å². The smallest absolute Gasteiger partial charge is 0.263 e. The number of thiazole rings is 1. The van der Waals surface area contributed by atoms with Gasteiger partial charge in [-0.05, 0) is 47.0 Å². The topological polar surface area (TPSA) is 92.2 Å². The molecule has 4 aromatic rings. The van der Waals surface area contributed by atoms with Crippen LogP contribution in [0.5, 0.6) is 0 Å². The molecule has 6 nitrogen and oxygen atoms in total. The lowest BCUT2D eigenvalue weighted by molar-refractivity contribution is 0.221. The third-order valence-electron chi connectivity index (χ3n) is 4.44. The van der Waals surface area contributed by atoms with Crippen LogP contribution >= 0.6 is 22.9 Å². The van der Waals surface area contributed by atoms with Crippen molar-refractivity contribution in [3.63, 3.8) is 0 Å². The van der Waals surface area contributed by atoms with Crippen LogP contribution in [-0.2, 0) is 10.0 Å². The quantitative estimate of drug-likeness (QED) is 0.436. The van der Waals surface area contributed by atoms with Crippen molar-refractivity contribution < 1.29 is 13.5 Å². The Balaban J connectivity index is 1.64. The number of nitrogens with zero attached hydrogens (tertiary/aromatic N) is 2. The number of hydrogen-bond donors (Lipinski definition) is 2. The molecule has 1 unspecified atom stereocenters. The van der Waals surface area contributed by atoms with Crippen molar-refractivity contribution in [3.8, 4) is 11.1 Å². The average molecular weight is 458 g/mol. The van der Waals surface area contributed by atoms with Crippen LogP contribution in [0.25, 0.3) is 11.1 Å². The number of hydrogen-bond acceptors (Lipinski definition) is 6. The zero-order valence-electron chi connectivity index (χ0n) is 15.4. The molecule has 9 heteroatoms. The van der Waals surface area contributed by atoms with Gasteiger partial charge in [-0.2, -0.15) is 0 Å². The second-order valence-electron chi connectivity index (χ2n) is 6.39. The monoisotopic (exact) mass is 457 g/mol. The molecule has 2 N–H and O–H groups in total. The molecule has 2 aromatic heterocycles. The lowest BCUT2D eigenvalue weighted by Gasteiger charge is -2.17. The van der Waals surface area contributed by atoms with Crippen LogP contribution in [0, 0.1) is 0 Å². The van der Waals surface area contributed by atoms with Gasteiger partial charge in [0.1, 0.15) is 6.10 Å². The minimum absolute atomic E-state index is 0.0808. The fourth-order valence-electron chi connectivity index (χ4n) is 3.00. The van der Waals surface area contributed by atoms with E-state index in [0.29, 0.717) is 21.3 Å². The molecule has 0 fully saturated rings. The minimum atomic E-state index is -3.76. The van der Waals surface area contributed by atoms with Gasteiger partial charge >= 0.3 is 0 Å². The highest BCUT2D eigenvalue weighted by Crippen LogP contribution is 2.34. The summed E-state index contributed by atoms with van der Waals surface area (Å²) in [6.45, 7) is 0. The summed E-state index contributed by atoms with van der Waals surface area (Å²) in [5, 5.41) is 13.5. The fourth-order valence-corrected chi connectivity index (χ4v) is 4.96. The average Bonchev–Trinajstić information content (AvgIpc) is 3.26. The first-order chi connectivity index (χ1) is 14.4. The summed E-state index contributed by atoms with van der Waals surface area (Å²) in [5.41, 5.74) is 2.77. The third kappa shape index (κ3) is 4.36. The Morgan fingerprint density at radius 1 is 1.07 bits per heavy atom. The molecular weight excluding hydrogens is 442 g/mol. The van der Waals surface area contributed by atoms with Gasteiger partial charge in [-0.15, -0.1) is 11.3 Å². The Labute approximate surface area is 182 Å². The van der Waals surface area contributed by atoms with E-state index in [4.69, 9.17) is 11.6 Å². The maximum absolute atomic E-state index is 12.5. The number of nitrogens with one attached hydrogen (secondary N) is 1. The second-order valence-corrected chi connectivity index (χ2v) is 9.40. The van der Waals surface area contributed by atoms with E-state index in [0.717, 1.165) is 11.1 Å². The largest absolute Gasteiger partial charge is 0.384 e. The number of aliphatic hydroxyl groups is 1. The second kappa shape index (κ2) is 8.53. The van der Waals surface area contributed by atoms with Gasteiger partial charge in [0.05, 0.1) is 4.90 Å². The van der Waals surface area contributed by atoms with Gasteiger partial charge in [0.15, 0.2) is 5.13 Å². The summed E-state index contributed by atoms with van der Waals surface area (Å²) in [4.78, 5) is 8.14. The number of sulfonamides is 1. The van der Waals surface area contributed by atoms with E-state index >= 15 is 0 Å². The predicted molar refractivity (Wildman–Crippen MR) is 118 cm³/mol. The first-order valence-electron chi connectivity index (χ1n) is 8.84. The van der Waals surface area contributed by atoms with Gasteiger partial charge in [-0.25, -0.2) is 13.4 Å². The van der Waals surface area contributed by atoms with E-state index in [1.807, 2.05) is 12.1 Å². The number of aliphatic hydroxyl groups excluding tert-OH is 1. The third-order valence-corrected chi connectivity index (χ3v) is 6.85. The number of pyridine rings is 1. The summed E-state index contributed by atoms with van der Waals surface area (Å²) < 4.78 is 27.4. The summed E-state index contributed by atoms with van der Waals surface area (Å²) in [6.07, 6.45) is 3.92. The number of aromatic nitrogens is 2. The van der Waals surface area contributed by atoms with Gasteiger partial charge in [-0.1, -0.05) is 35.9 Å². The number of rotatable bonds is 6. The van der Waals surface area contributed by atoms with Crippen molar-refractivity contribution >= 4 is 38.1 Å². The Hall–Kier alpha value is -2.78. The molecule has 0 spiro atoms. The maximum atomic E-state index is 12.5. The number of benzene rings is 2. The lowest BCUT2D eigenvalue weighted by atomic mass is 9.93. The Bertz CT molecular complexity index is 1250. The Kier molecular flexibility index (Phi) is 5.83. The van der Waals surface area contributed by atoms with Crippen LogP contribution in [0.4, 0.5) is 5.13 Å². The van der Waals surface area contributed by atoms with Crippen molar-refractivity contribution in [1.29, 1.82) is 0 Å². The molecule has 0 saturated carbocycles. The van der Waals surface area contributed by atoms with Crippen molar-refractivity contribution in [2.75, 3.05) is 4.72 Å². The standard InChI is InChI=1S/C21H16ClN3O3S2/c22-16-5-8-18(19(12-16)15-2-1-9-23-13-15)20(26)14-3-6-17(7-4-14)30(27,28)25-21-24-10-11-29-21/h1-13,20,26H,(H,24,25). The molecule has 0 radical (unpaired) electrons. The molecule has 0 bridgehead atoms. The van der Waals surface area contributed by atoms with Crippen LogP contribution in [-0.4, -0.2) is 23.5 Å². The minimum Gasteiger partial charge on any atom is -0.384 e. The summed E-state index contributed by atoms with van der Waals surface area (Å²) in [5.74, 6) is 0. The molecule has 0 aliphatic rings. The highest BCUT2D eigenvalue weighted by Gasteiger charge is 2.19. The summed E-state index contributed by atoms with van der Waals surface area (Å²) in [7, 11) is -3.76. The molecule has 30 heavy (non-hydrogen) atoms. The Morgan fingerprint density at radius 3 is 2.53 bits per heavy atom. The molecule has 4 rings (SSSR count). The number of halogens is 1. The van der Waals surface area contributed by atoms with Crippen LogP contribution in [0.1, 0.15) is 17.2 Å². The zero-order chi connectivity index (χ0) is 21.1. The number of anilines is 1. The zero-order valence-corrected chi connectivity index (χ0v) is 17.8. The van der Waals surface area contributed by atoms with Crippen molar-refractivity contribution in [2.24, 2.45) is 0 Å². The molecule has 0 saturated heterocycles. The molecule has 0 amide bonds. The molecule has 2 aromatic carbocycles. The molecule has 2 heterocycles. The highest BCUT2D eigenvalue weighted by atomic mass is 35.5. The maximum Gasteiger partial charge on any atom is 0.263 e. The van der Waals surface area contributed by atoms with Crippen molar-refractivity contribution in [1.82, 2.24) is 9.97 Å². The SMILES string of the molecule is O=S(=O)(Nc1nccs1)c1ccc(C(O)c2ccc(Cl)cc2-c2cccnc2)cc1. The van der Waals surface area contributed by atoms with E-state index in [-0.39, 0.29) is 4.90 Å². The first kappa shape index (κ1) is 20.5. The molecule has 0 aliphatic carbocycles. The fraction of sp³-hybridized carbons (Fsp3) is 0.0476.